The fourth-order valence-electron chi connectivity index (χ4n) is 2.63. The molecule has 0 unspecified atom stereocenters. The molecule has 2 aromatic carbocycles. The van der Waals surface area contributed by atoms with Crippen molar-refractivity contribution in [1.82, 2.24) is 4.90 Å². The number of ether oxygens (including phenoxy) is 1. The Hall–Kier alpha value is -1.85. The van der Waals surface area contributed by atoms with Crippen molar-refractivity contribution in [3.8, 4) is 5.75 Å². The van der Waals surface area contributed by atoms with Crippen LogP contribution in [0.4, 0.5) is 10.5 Å². The van der Waals surface area contributed by atoms with Gasteiger partial charge in [0.25, 0.3) is 11.1 Å². The first-order valence-electron chi connectivity index (χ1n) is 9.10. The minimum absolute atomic E-state index is 0.251. The van der Waals surface area contributed by atoms with Gasteiger partial charge in [0, 0.05) is 19.3 Å². The van der Waals surface area contributed by atoms with Crippen LogP contribution in [0.25, 0.3) is 6.08 Å². The number of imide groups is 1. The monoisotopic (exact) mass is 600 g/mol. The molecule has 1 N–H and O–H groups in total. The minimum Gasteiger partial charge on any atom is -0.493 e. The van der Waals surface area contributed by atoms with Gasteiger partial charge in [-0.3, -0.25) is 19.3 Å². The summed E-state index contributed by atoms with van der Waals surface area (Å²) >= 11 is 6.39. The van der Waals surface area contributed by atoms with Crippen LogP contribution in [0.5, 0.6) is 5.75 Å². The zero-order valence-electron chi connectivity index (χ0n) is 16.0. The third-order valence-corrected chi connectivity index (χ3v) is 6.14. The van der Waals surface area contributed by atoms with E-state index in [-0.39, 0.29) is 11.4 Å². The number of halogens is 2. The van der Waals surface area contributed by atoms with Crippen LogP contribution in [0.3, 0.4) is 0 Å². The molecule has 0 aromatic heterocycles. The van der Waals surface area contributed by atoms with Crippen molar-refractivity contribution < 1.29 is 19.1 Å². The molecule has 1 heterocycles. The number of carbonyl (C=O) groups excluding carboxylic acids is 3. The second-order valence-electron chi connectivity index (χ2n) is 6.35. The average Bonchev–Trinajstić information content (AvgIpc) is 2.96. The lowest BCUT2D eigenvalue weighted by atomic mass is 10.2. The summed E-state index contributed by atoms with van der Waals surface area (Å²) in [7, 11) is 0. The molecule has 9 heteroatoms. The molecule has 30 heavy (non-hydrogen) atoms. The van der Waals surface area contributed by atoms with Gasteiger partial charge in [0.1, 0.15) is 12.3 Å². The molecule has 0 aliphatic carbocycles. The Labute approximate surface area is 200 Å². The number of amides is 3. The van der Waals surface area contributed by atoms with E-state index in [1.165, 1.54) is 0 Å². The molecule has 1 aliphatic heterocycles. The maximum atomic E-state index is 12.7. The lowest BCUT2D eigenvalue weighted by Crippen LogP contribution is -2.36. The SMILES string of the molecule is CCCOc1ccc(Br)cc1/C=C1/SC(=O)N(CC(=O)Nc2ccc(I)cc2)C1=O. The summed E-state index contributed by atoms with van der Waals surface area (Å²) in [5.41, 5.74) is 1.29. The summed E-state index contributed by atoms with van der Waals surface area (Å²) in [6, 6.07) is 12.7. The number of hydrogen-bond donors (Lipinski definition) is 1. The van der Waals surface area contributed by atoms with Crippen molar-refractivity contribution in [3.63, 3.8) is 0 Å². The zero-order chi connectivity index (χ0) is 21.7. The highest BCUT2D eigenvalue weighted by Gasteiger charge is 2.36. The maximum Gasteiger partial charge on any atom is 0.294 e. The molecule has 3 amide bonds. The first-order chi connectivity index (χ1) is 14.4. The summed E-state index contributed by atoms with van der Waals surface area (Å²) in [6.45, 7) is 2.21. The summed E-state index contributed by atoms with van der Waals surface area (Å²) in [6.07, 6.45) is 2.47. The third-order valence-electron chi connectivity index (χ3n) is 4.02. The van der Waals surface area contributed by atoms with Gasteiger partial charge in [0.05, 0.1) is 11.5 Å². The summed E-state index contributed by atoms with van der Waals surface area (Å²) in [5, 5.41) is 2.22. The first-order valence-corrected chi connectivity index (χ1v) is 11.8. The fourth-order valence-corrected chi connectivity index (χ4v) is 4.20. The zero-order valence-corrected chi connectivity index (χ0v) is 20.5. The van der Waals surface area contributed by atoms with Crippen LogP contribution < -0.4 is 10.1 Å². The van der Waals surface area contributed by atoms with E-state index in [1.807, 2.05) is 37.3 Å². The van der Waals surface area contributed by atoms with Gasteiger partial charge in [-0.1, -0.05) is 22.9 Å². The van der Waals surface area contributed by atoms with Crippen molar-refractivity contribution >= 4 is 79.1 Å². The Morgan fingerprint density at radius 1 is 1.23 bits per heavy atom. The van der Waals surface area contributed by atoms with Gasteiger partial charge in [-0.15, -0.1) is 0 Å². The Morgan fingerprint density at radius 3 is 2.67 bits per heavy atom. The molecule has 0 spiro atoms. The molecule has 2 aromatic rings. The van der Waals surface area contributed by atoms with E-state index in [4.69, 9.17) is 4.74 Å². The summed E-state index contributed by atoms with van der Waals surface area (Å²) < 4.78 is 7.60. The normalized spacial score (nSPS) is 15.0. The number of anilines is 1. The van der Waals surface area contributed by atoms with E-state index in [0.29, 0.717) is 23.6 Å². The van der Waals surface area contributed by atoms with Crippen molar-refractivity contribution in [1.29, 1.82) is 0 Å². The van der Waals surface area contributed by atoms with Gasteiger partial charge in [-0.2, -0.15) is 0 Å². The van der Waals surface area contributed by atoms with E-state index in [0.717, 1.165) is 31.1 Å². The van der Waals surface area contributed by atoms with E-state index in [9.17, 15) is 14.4 Å². The number of nitrogens with zero attached hydrogens (tertiary/aromatic N) is 1. The van der Waals surface area contributed by atoms with Crippen LogP contribution in [0.2, 0.25) is 0 Å². The Morgan fingerprint density at radius 2 is 1.97 bits per heavy atom. The largest absolute Gasteiger partial charge is 0.493 e. The third kappa shape index (κ3) is 5.86. The number of nitrogens with one attached hydrogen (secondary N) is 1. The highest BCUT2D eigenvalue weighted by Crippen LogP contribution is 2.34. The number of benzene rings is 2. The Kier molecular flexibility index (Phi) is 7.95. The van der Waals surface area contributed by atoms with Gasteiger partial charge in [0.2, 0.25) is 5.91 Å². The first kappa shape index (κ1) is 22.8. The second-order valence-corrected chi connectivity index (χ2v) is 9.51. The fraction of sp³-hybridized carbons (Fsp3) is 0.190. The summed E-state index contributed by atoms with van der Waals surface area (Å²) in [5.74, 6) is -0.304. The van der Waals surface area contributed by atoms with Crippen LogP contribution in [0, 0.1) is 3.57 Å². The Bertz CT molecular complexity index is 1010. The van der Waals surface area contributed by atoms with Crippen molar-refractivity contribution in [2.45, 2.75) is 13.3 Å². The smallest absolute Gasteiger partial charge is 0.294 e. The molecule has 1 fully saturated rings. The molecule has 0 bridgehead atoms. The maximum absolute atomic E-state index is 12.7. The minimum atomic E-state index is -0.496. The van der Waals surface area contributed by atoms with E-state index in [1.54, 1.807) is 18.2 Å². The van der Waals surface area contributed by atoms with Gasteiger partial charge in [0.15, 0.2) is 0 Å². The van der Waals surface area contributed by atoms with E-state index in [2.05, 4.69) is 43.8 Å². The number of carbonyl (C=O) groups is 3. The molecule has 3 rings (SSSR count). The lowest BCUT2D eigenvalue weighted by Gasteiger charge is -2.12. The molecule has 1 saturated heterocycles. The van der Waals surface area contributed by atoms with Crippen molar-refractivity contribution in [2.75, 3.05) is 18.5 Å². The second kappa shape index (κ2) is 10.5. The molecule has 156 valence electrons. The Balaban J connectivity index is 1.73. The summed E-state index contributed by atoms with van der Waals surface area (Å²) in [4.78, 5) is 38.6. The van der Waals surface area contributed by atoms with Crippen LogP contribution in [-0.4, -0.2) is 35.1 Å². The molecule has 1 aliphatic rings. The van der Waals surface area contributed by atoms with Gasteiger partial charge >= 0.3 is 0 Å². The van der Waals surface area contributed by atoms with Gasteiger partial charge in [-0.25, -0.2) is 0 Å². The molecule has 0 radical (unpaired) electrons. The number of thioether (sulfide) groups is 1. The van der Waals surface area contributed by atoms with Crippen LogP contribution >= 0.6 is 50.3 Å². The van der Waals surface area contributed by atoms with Crippen molar-refractivity contribution in [2.24, 2.45) is 0 Å². The predicted octanol–water partition coefficient (Wildman–Crippen LogP) is 5.52. The molecule has 0 saturated carbocycles. The van der Waals surface area contributed by atoms with Crippen molar-refractivity contribution in [3.05, 3.63) is 61.0 Å². The molecular weight excluding hydrogens is 583 g/mol. The highest BCUT2D eigenvalue weighted by molar-refractivity contribution is 14.1. The number of hydrogen-bond acceptors (Lipinski definition) is 5. The standard InChI is InChI=1S/C21H18BrIN2O4S/c1-2-9-29-17-8-3-14(22)10-13(17)11-18-20(27)25(21(28)30-18)12-19(26)24-16-6-4-15(23)5-7-16/h3-8,10-11H,2,9,12H2,1H3,(H,24,26)/b18-11+. The molecular formula is C21H18BrIN2O4S. The predicted molar refractivity (Wildman–Crippen MR) is 130 cm³/mol. The van der Waals surface area contributed by atoms with E-state index >= 15 is 0 Å². The van der Waals surface area contributed by atoms with Crippen LogP contribution in [0.15, 0.2) is 51.8 Å². The lowest BCUT2D eigenvalue weighted by molar-refractivity contribution is -0.127. The van der Waals surface area contributed by atoms with Gasteiger partial charge < -0.3 is 10.1 Å². The molecule has 0 atom stereocenters. The number of rotatable bonds is 7. The highest BCUT2D eigenvalue weighted by atomic mass is 127. The topological polar surface area (TPSA) is 75.7 Å². The average molecular weight is 601 g/mol. The molecule has 6 nitrogen and oxygen atoms in total. The van der Waals surface area contributed by atoms with Gasteiger partial charge in [-0.05, 0) is 89.3 Å². The van der Waals surface area contributed by atoms with E-state index < -0.39 is 17.1 Å². The van der Waals surface area contributed by atoms with Crippen LogP contribution in [-0.2, 0) is 9.59 Å². The quantitative estimate of drug-likeness (QED) is 0.335. The van der Waals surface area contributed by atoms with Crippen LogP contribution in [0.1, 0.15) is 18.9 Å².